The van der Waals surface area contributed by atoms with Crippen LogP contribution in [0, 0.1) is 11.3 Å². The maximum atomic E-state index is 9.87. The van der Waals surface area contributed by atoms with Crippen LogP contribution in [0.3, 0.4) is 0 Å². The highest BCUT2D eigenvalue weighted by Gasteiger charge is 2.23. The van der Waals surface area contributed by atoms with Crippen LogP contribution in [0.4, 0.5) is 5.69 Å². The van der Waals surface area contributed by atoms with Gasteiger partial charge in [0, 0.05) is 37.2 Å². The van der Waals surface area contributed by atoms with E-state index in [-0.39, 0.29) is 0 Å². The smallest absolute Gasteiger partial charge is 0.101 e. The van der Waals surface area contributed by atoms with Gasteiger partial charge in [-0.25, -0.2) is 0 Å². The Morgan fingerprint density at radius 1 is 1.30 bits per heavy atom. The van der Waals surface area contributed by atoms with Gasteiger partial charge in [0.05, 0.1) is 16.9 Å². The van der Waals surface area contributed by atoms with E-state index >= 15 is 0 Å². The third kappa shape index (κ3) is 3.95. The van der Waals surface area contributed by atoms with E-state index in [0.717, 1.165) is 36.3 Å². The summed E-state index contributed by atoms with van der Waals surface area (Å²) < 4.78 is 0.991. The summed E-state index contributed by atoms with van der Waals surface area (Å²) in [6.07, 6.45) is 0. The van der Waals surface area contributed by atoms with Crippen LogP contribution in [0.25, 0.3) is 0 Å². The average Bonchev–Trinajstić information content (AvgIpc) is 2.38. The van der Waals surface area contributed by atoms with Crippen molar-refractivity contribution in [2.45, 2.75) is 19.4 Å². The number of rotatable bonds is 3. The Morgan fingerprint density at radius 2 is 1.95 bits per heavy atom. The number of benzene rings is 1. The second-order valence-electron chi connectivity index (χ2n) is 5.85. The summed E-state index contributed by atoms with van der Waals surface area (Å²) in [5, 5.41) is 19.1. The van der Waals surface area contributed by atoms with Gasteiger partial charge in [0.15, 0.2) is 0 Å². The highest BCUT2D eigenvalue weighted by Crippen LogP contribution is 2.26. The average molecular weight is 338 g/mol. The van der Waals surface area contributed by atoms with E-state index in [9.17, 15) is 10.4 Å². The molecule has 2 rings (SSSR count). The fourth-order valence-electron chi connectivity index (χ4n) is 2.56. The Morgan fingerprint density at radius 3 is 2.50 bits per heavy atom. The molecule has 1 fully saturated rings. The van der Waals surface area contributed by atoms with Crippen LogP contribution in [0.15, 0.2) is 22.7 Å². The first kappa shape index (κ1) is 15.3. The van der Waals surface area contributed by atoms with Crippen molar-refractivity contribution in [2.24, 2.45) is 0 Å². The zero-order valence-corrected chi connectivity index (χ0v) is 13.5. The lowest BCUT2D eigenvalue weighted by atomic mass is 10.1. The van der Waals surface area contributed by atoms with Gasteiger partial charge in [0.2, 0.25) is 0 Å². The molecule has 0 atom stereocenters. The molecule has 0 bridgehead atoms. The van der Waals surface area contributed by atoms with E-state index in [0.29, 0.717) is 12.1 Å². The number of nitrogens with zero attached hydrogens (tertiary/aromatic N) is 3. The number of nitriles is 1. The van der Waals surface area contributed by atoms with E-state index in [1.165, 1.54) is 0 Å². The lowest BCUT2D eigenvalue weighted by Crippen LogP contribution is -2.50. The quantitative estimate of drug-likeness (QED) is 0.918. The third-order valence-corrected chi connectivity index (χ3v) is 3.90. The van der Waals surface area contributed by atoms with Crippen LogP contribution < -0.4 is 4.90 Å². The molecule has 1 aromatic rings. The van der Waals surface area contributed by atoms with Crippen molar-refractivity contribution in [1.82, 2.24) is 4.90 Å². The minimum Gasteiger partial charge on any atom is -0.389 e. The first-order valence-corrected chi connectivity index (χ1v) is 7.58. The molecule has 0 aromatic heterocycles. The van der Waals surface area contributed by atoms with Gasteiger partial charge in [-0.2, -0.15) is 5.26 Å². The highest BCUT2D eigenvalue weighted by molar-refractivity contribution is 9.10. The molecule has 0 saturated carbocycles. The lowest BCUT2D eigenvalue weighted by Gasteiger charge is -2.38. The standard InChI is InChI=1S/C15H20BrN3O/c1-15(2,20)11-18-5-7-19(8-6-18)14-9-13(16)4-3-12(14)10-17/h3-4,9,20H,5-8,11H2,1-2H3. The van der Waals surface area contributed by atoms with Gasteiger partial charge in [-0.05, 0) is 32.0 Å². The van der Waals surface area contributed by atoms with Gasteiger partial charge < -0.3 is 10.0 Å². The van der Waals surface area contributed by atoms with Crippen molar-refractivity contribution in [1.29, 1.82) is 5.26 Å². The number of anilines is 1. The van der Waals surface area contributed by atoms with E-state index in [4.69, 9.17) is 0 Å². The minimum absolute atomic E-state index is 0.657. The highest BCUT2D eigenvalue weighted by atomic mass is 79.9. The van der Waals surface area contributed by atoms with Crippen molar-refractivity contribution >= 4 is 21.6 Å². The summed E-state index contributed by atoms with van der Waals surface area (Å²) in [6, 6.07) is 8.00. The molecule has 108 valence electrons. The fraction of sp³-hybridized carbons (Fsp3) is 0.533. The van der Waals surface area contributed by atoms with Crippen LogP contribution in [-0.4, -0.2) is 48.3 Å². The minimum atomic E-state index is -0.657. The van der Waals surface area contributed by atoms with Crippen molar-refractivity contribution < 1.29 is 5.11 Å². The molecule has 0 unspecified atom stereocenters. The van der Waals surface area contributed by atoms with Gasteiger partial charge in [0.1, 0.15) is 6.07 Å². The zero-order valence-electron chi connectivity index (χ0n) is 11.9. The molecule has 0 spiro atoms. The van der Waals surface area contributed by atoms with Crippen molar-refractivity contribution in [2.75, 3.05) is 37.6 Å². The predicted molar refractivity (Wildman–Crippen MR) is 83.8 cm³/mol. The van der Waals surface area contributed by atoms with Gasteiger partial charge in [-0.3, -0.25) is 4.90 Å². The summed E-state index contributed by atoms with van der Waals surface area (Å²) in [5.41, 5.74) is 1.05. The number of hydrogen-bond donors (Lipinski definition) is 1. The molecule has 4 nitrogen and oxygen atoms in total. The molecule has 1 N–H and O–H groups in total. The molecule has 1 aliphatic rings. The van der Waals surface area contributed by atoms with Crippen LogP contribution in [-0.2, 0) is 0 Å². The molecule has 0 amide bonds. The van der Waals surface area contributed by atoms with Gasteiger partial charge in [0.25, 0.3) is 0 Å². The SMILES string of the molecule is CC(C)(O)CN1CCN(c2cc(Br)ccc2C#N)CC1. The second kappa shape index (κ2) is 6.13. The van der Waals surface area contributed by atoms with E-state index in [1.807, 2.05) is 32.0 Å². The summed E-state index contributed by atoms with van der Waals surface area (Å²) in [7, 11) is 0. The third-order valence-electron chi connectivity index (χ3n) is 3.40. The molecular formula is C15H20BrN3O. The van der Waals surface area contributed by atoms with E-state index in [1.54, 1.807) is 0 Å². The van der Waals surface area contributed by atoms with Crippen LogP contribution in [0.5, 0.6) is 0 Å². The molecule has 0 radical (unpaired) electrons. The molecule has 1 heterocycles. The van der Waals surface area contributed by atoms with E-state index in [2.05, 4.69) is 31.8 Å². The second-order valence-corrected chi connectivity index (χ2v) is 6.76. The zero-order chi connectivity index (χ0) is 14.8. The van der Waals surface area contributed by atoms with Gasteiger partial charge >= 0.3 is 0 Å². The summed E-state index contributed by atoms with van der Waals surface area (Å²) in [6.45, 7) is 7.92. The Labute approximate surface area is 128 Å². The number of aliphatic hydroxyl groups is 1. The van der Waals surface area contributed by atoms with Crippen LogP contribution >= 0.6 is 15.9 Å². The van der Waals surface area contributed by atoms with Crippen LogP contribution in [0.2, 0.25) is 0 Å². The molecule has 5 heteroatoms. The number of piperazine rings is 1. The first-order chi connectivity index (χ1) is 9.39. The topological polar surface area (TPSA) is 50.5 Å². The molecule has 1 aromatic carbocycles. The molecule has 1 saturated heterocycles. The summed E-state index contributed by atoms with van der Waals surface area (Å²) in [4.78, 5) is 4.50. The largest absolute Gasteiger partial charge is 0.389 e. The monoisotopic (exact) mass is 337 g/mol. The maximum absolute atomic E-state index is 9.87. The number of hydrogen-bond acceptors (Lipinski definition) is 4. The Hall–Kier alpha value is -1.09. The van der Waals surface area contributed by atoms with Gasteiger partial charge in [-0.1, -0.05) is 15.9 Å². The Bertz CT molecular complexity index is 511. The Balaban J connectivity index is 2.04. The van der Waals surface area contributed by atoms with Crippen molar-refractivity contribution in [3.05, 3.63) is 28.2 Å². The maximum Gasteiger partial charge on any atom is 0.101 e. The number of halogens is 1. The number of β-amino-alcohol motifs (C(OH)–C–C–N with tert-alkyl or cyclic N) is 1. The summed E-state index contributed by atoms with van der Waals surface area (Å²) >= 11 is 3.46. The van der Waals surface area contributed by atoms with Gasteiger partial charge in [-0.15, -0.1) is 0 Å². The molecule has 1 aliphatic heterocycles. The van der Waals surface area contributed by atoms with Crippen molar-refractivity contribution in [3.8, 4) is 6.07 Å². The summed E-state index contributed by atoms with van der Waals surface area (Å²) in [5.74, 6) is 0. The lowest BCUT2D eigenvalue weighted by molar-refractivity contribution is 0.0345. The Kier molecular flexibility index (Phi) is 4.69. The first-order valence-electron chi connectivity index (χ1n) is 6.78. The molecular weight excluding hydrogens is 318 g/mol. The molecule has 20 heavy (non-hydrogen) atoms. The van der Waals surface area contributed by atoms with Crippen molar-refractivity contribution in [3.63, 3.8) is 0 Å². The normalized spacial score (nSPS) is 17.1. The van der Waals surface area contributed by atoms with Crippen LogP contribution in [0.1, 0.15) is 19.4 Å². The molecule has 0 aliphatic carbocycles. The van der Waals surface area contributed by atoms with E-state index < -0.39 is 5.60 Å². The fourth-order valence-corrected chi connectivity index (χ4v) is 2.90. The predicted octanol–water partition coefficient (Wildman–Crippen LogP) is 2.21.